The predicted octanol–water partition coefficient (Wildman–Crippen LogP) is 3.03. The zero-order valence-corrected chi connectivity index (χ0v) is 34.9. The minimum absolute atomic E-state index is 0.0834. The summed E-state index contributed by atoms with van der Waals surface area (Å²) in [6.07, 6.45) is -4.98. The van der Waals surface area contributed by atoms with Crippen LogP contribution in [0.3, 0.4) is 0 Å². The van der Waals surface area contributed by atoms with Crippen molar-refractivity contribution in [1.29, 1.82) is 0 Å². The van der Waals surface area contributed by atoms with Gasteiger partial charge in [-0.2, -0.15) is 0 Å². The summed E-state index contributed by atoms with van der Waals surface area (Å²) in [5.74, 6) is -3.00. The summed E-state index contributed by atoms with van der Waals surface area (Å²) in [6.45, 7) is 16.8. The number of ether oxygens (including phenoxy) is 4. The molecular formula is C43H66O14. The summed E-state index contributed by atoms with van der Waals surface area (Å²) in [5, 5.41) is 77.3. The van der Waals surface area contributed by atoms with E-state index < -0.39 is 101 Å². The Kier molecular flexibility index (Phi) is 11.6. The van der Waals surface area contributed by atoms with Gasteiger partial charge in [0.2, 0.25) is 0 Å². The van der Waals surface area contributed by atoms with Gasteiger partial charge in [0, 0.05) is 23.3 Å². The van der Waals surface area contributed by atoms with Crippen molar-refractivity contribution >= 4 is 17.9 Å². The number of aliphatic carboxylic acids is 1. The van der Waals surface area contributed by atoms with E-state index in [4.69, 9.17) is 18.9 Å². The molecule has 4 saturated carbocycles. The molecule has 2 unspecified atom stereocenters. The topological polar surface area (TPSA) is 230 Å². The van der Waals surface area contributed by atoms with Crippen molar-refractivity contribution in [3.63, 3.8) is 0 Å². The maximum atomic E-state index is 13.1. The number of rotatable bonds is 8. The first-order valence-electron chi connectivity index (χ1n) is 20.6. The normalized spacial score (nSPS) is 49.2. The molecule has 0 bridgehead atoms. The fourth-order valence-electron chi connectivity index (χ4n) is 13.2. The third-order valence-corrected chi connectivity index (χ3v) is 16.8. The number of hydrogen-bond acceptors (Lipinski definition) is 13. The van der Waals surface area contributed by atoms with Crippen LogP contribution in [0.2, 0.25) is 0 Å². The van der Waals surface area contributed by atoms with Crippen molar-refractivity contribution in [2.75, 3.05) is 13.2 Å². The van der Waals surface area contributed by atoms with Crippen LogP contribution in [0.25, 0.3) is 0 Å². The minimum Gasteiger partial charge on any atom is -0.479 e. The zero-order chi connectivity index (χ0) is 42.4. The van der Waals surface area contributed by atoms with Gasteiger partial charge in [-0.15, -0.1) is 0 Å². The predicted molar refractivity (Wildman–Crippen MR) is 204 cm³/mol. The first kappa shape index (κ1) is 44.1. The van der Waals surface area contributed by atoms with E-state index in [2.05, 4.69) is 26.8 Å². The van der Waals surface area contributed by atoms with E-state index in [9.17, 15) is 50.1 Å². The van der Waals surface area contributed by atoms with Gasteiger partial charge in [-0.25, -0.2) is 9.59 Å². The molecule has 1 aliphatic heterocycles. The van der Waals surface area contributed by atoms with Gasteiger partial charge >= 0.3 is 17.9 Å². The highest BCUT2D eigenvalue weighted by Crippen LogP contribution is 2.76. The summed E-state index contributed by atoms with van der Waals surface area (Å²) in [7, 11) is 0. The van der Waals surface area contributed by atoms with Crippen molar-refractivity contribution in [2.24, 2.45) is 50.2 Å². The summed E-state index contributed by atoms with van der Waals surface area (Å²) in [4.78, 5) is 37.3. The number of carbonyl (C=O) groups excluding carboxylic acids is 2. The standard InChI is InChI=1S/C43H66O14/c1-10-21(2)36(53)57-34-33(50)43(20-54-22(3)45)24(17-38(34,4)5)23-11-12-26-39(6)15-14-28(55-37-31(49)29(47)30(48)32(56-37)35(51)52)40(7,19-44)25(39)13-16-41(26,8)42(23,9)18-27(43)46/h10-11,24-34,37,44,46-50H,12-20H2,1-9H3,(H,51,52)/b21-10+/t24-,25?,26?,27-,28-,29+,30+,31-,32+,33-,34-,37-,39+,40-,41-,42-,43+/m1/s1. The number of fused-ring (bicyclic) bond motifs is 7. The van der Waals surface area contributed by atoms with Crippen molar-refractivity contribution in [3.05, 3.63) is 23.3 Å². The van der Waals surface area contributed by atoms with Crippen LogP contribution in [0.4, 0.5) is 0 Å². The van der Waals surface area contributed by atoms with Gasteiger partial charge in [0.25, 0.3) is 0 Å². The van der Waals surface area contributed by atoms with Crippen LogP contribution in [0.5, 0.6) is 0 Å². The lowest BCUT2D eigenvalue weighted by Crippen LogP contribution is -2.72. The third kappa shape index (κ3) is 6.45. The average Bonchev–Trinajstić information content (AvgIpc) is 3.13. The lowest BCUT2D eigenvalue weighted by molar-refractivity contribution is -0.328. The van der Waals surface area contributed by atoms with Crippen LogP contribution in [-0.2, 0) is 33.3 Å². The lowest BCUT2D eigenvalue weighted by atomic mass is 9.33. The molecule has 17 atom stereocenters. The summed E-state index contributed by atoms with van der Waals surface area (Å²) in [5.41, 5.74) is -2.67. The van der Waals surface area contributed by atoms with Gasteiger partial charge < -0.3 is 54.7 Å². The molecule has 322 valence electrons. The number of esters is 2. The van der Waals surface area contributed by atoms with E-state index in [0.29, 0.717) is 37.7 Å². The largest absolute Gasteiger partial charge is 0.479 e. The molecule has 14 nitrogen and oxygen atoms in total. The quantitative estimate of drug-likeness (QED) is 0.0810. The number of aliphatic hydroxyl groups excluding tert-OH is 6. The monoisotopic (exact) mass is 806 g/mol. The van der Waals surface area contributed by atoms with Crippen LogP contribution in [0.1, 0.15) is 107 Å². The maximum Gasteiger partial charge on any atom is 0.335 e. The average molecular weight is 807 g/mol. The molecular weight excluding hydrogens is 740 g/mol. The maximum absolute atomic E-state index is 13.1. The summed E-state index contributed by atoms with van der Waals surface area (Å²) in [6, 6.07) is 0. The van der Waals surface area contributed by atoms with Gasteiger partial charge in [-0.05, 0) is 92.8 Å². The zero-order valence-electron chi connectivity index (χ0n) is 34.9. The molecule has 1 heterocycles. The Labute approximate surface area is 335 Å². The third-order valence-electron chi connectivity index (χ3n) is 16.8. The lowest BCUT2D eigenvalue weighted by Gasteiger charge is -2.72. The van der Waals surface area contributed by atoms with Gasteiger partial charge in [0.15, 0.2) is 12.4 Å². The molecule has 0 radical (unpaired) electrons. The number of carbonyl (C=O) groups is 3. The van der Waals surface area contributed by atoms with Crippen LogP contribution >= 0.6 is 0 Å². The van der Waals surface area contributed by atoms with E-state index in [1.165, 1.54) is 6.92 Å². The van der Waals surface area contributed by atoms with Crippen LogP contribution < -0.4 is 0 Å². The van der Waals surface area contributed by atoms with E-state index in [1.54, 1.807) is 19.9 Å². The molecule has 6 aliphatic rings. The first-order valence-corrected chi connectivity index (χ1v) is 20.6. The SMILES string of the molecule is C/C=C(\C)C(=O)O[C@@H]1[C@@H](O)[C@]2(COC(C)=O)[C@H](O)C[C@]3(C)C(=CCC4[C@@]5(C)CC[C@@H](O[C@@H]6O[C@H](C(=O)O)[C@@H](O)[C@H](O)[C@H]6O)[C@](C)(CO)C5CC[C@]43C)[C@H]2CC1(C)C. The Bertz CT molecular complexity index is 1660. The molecule has 0 spiro atoms. The number of allylic oxidation sites excluding steroid dienone is 3. The summed E-state index contributed by atoms with van der Waals surface area (Å²) < 4.78 is 23.5. The summed E-state index contributed by atoms with van der Waals surface area (Å²) >= 11 is 0. The Morgan fingerprint density at radius 2 is 1.58 bits per heavy atom. The van der Waals surface area contributed by atoms with Crippen molar-refractivity contribution < 1.29 is 69.1 Å². The molecule has 5 aliphatic carbocycles. The molecule has 6 rings (SSSR count). The fourth-order valence-corrected chi connectivity index (χ4v) is 13.2. The number of carboxylic acid groups (broad SMARTS) is 1. The fraction of sp³-hybridized carbons (Fsp3) is 0.837. The molecule has 0 aromatic rings. The van der Waals surface area contributed by atoms with Crippen LogP contribution in [0.15, 0.2) is 23.3 Å². The van der Waals surface area contributed by atoms with E-state index in [0.717, 1.165) is 12.0 Å². The van der Waals surface area contributed by atoms with Gasteiger partial charge in [0.05, 0.1) is 24.2 Å². The second-order valence-corrected chi connectivity index (χ2v) is 20.0. The molecule has 57 heavy (non-hydrogen) atoms. The van der Waals surface area contributed by atoms with Gasteiger partial charge in [-0.3, -0.25) is 4.79 Å². The van der Waals surface area contributed by atoms with Crippen LogP contribution in [-0.4, -0.2) is 122 Å². The van der Waals surface area contributed by atoms with E-state index in [1.807, 2.05) is 20.8 Å². The second-order valence-electron chi connectivity index (χ2n) is 20.0. The molecule has 5 fully saturated rings. The molecule has 14 heteroatoms. The van der Waals surface area contributed by atoms with Crippen molar-refractivity contribution in [2.45, 2.75) is 162 Å². The van der Waals surface area contributed by atoms with Crippen molar-refractivity contribution in [3.8, 4) is 0 Å². The molecule has 0 amide bonds. The molecule has 0 aromatic heterocycles. The highest BCUT2D eigenvalue weighted by Gasteiger charge is 2.73. The molecule has 1 saturated heterocycles. The minimum atomic E-state index is -1.85. The highest BCUT2D eigenvalue weighted by atomic mass is 16.7. The van der Waals surface area contributed by atoms with Gasteiger partial charge in [0.1, 0.15) is 37.1 Å². The number of carboxylic acids is 1. The Morgan fingerprint density at radius 3 is 2.18 bits per heavy atom. The first-order chi connectivity index (χ1) is 26.4. The smallest absolute Gasteiger partial charge is 0.335 e. The molecule has 7 N–H and O–H groups in total. The second kappa shape index (κ2) is 14.9. The molecule has 0 aromatic carbocycles. The van der Waals surface area contributed by atoms with E-state index in [-0.39, 0.29) is 42.3 Å². The Balaban J connectivity index is 1.35. The Morgan fingerprint density at radius 1 is 0.912 bits per heavy atom. The highest BCUT2D eigenvalue weighted by molar-refractivity contribution is 5.87. The Hall–Kier alpha value is -2.43. The van der Waals surface area contributed by atoms with E-state index >= 15 is 0 Å². The number of aliphatic hydroxyl groups is 6. The van der Waals surface area contributed by atoms with Gasteiger partial charge in [-0.1, -0.05) is 59.3 Å². The van der Waals surface area contributed by atoms with Crippen LogP contribution in [0, 0.1) is 50.2 Å². The number of hydrogen-bond donors (Lipinski definition) is 7. The van der Waals surface area contributed by atoms with Crippen molar-refractivity contribution in [1.82, 2.24) is 0 Å².